The molecule has 0 aliphatic carbocycles. The summed E-state index contributed by atoms with van der Waals surface area (Å²) < 4.78 is 1.56. The summed E-state index contributed by atoms with van der Waals surface area (Å²) in [6.45, 7) is 1.94. The first-order chi connectivity index (χ1) is 13.6. The van der Waals surface area contributed by atoms with Crippen LogP contribution in [0.15, 0.2) is 92.6 Å². The van der Waals surface area contributed by atoms with Gasteiger partial charge in [-0.25, -0.2) is 4.98 Å². The summed E-state index contributed by atoms with van der Waals surface area (Å²) in [5.41, 5.74) is 2.61. The lowest BCUT2D eigenvalue weighted by molar-refractivity contribution is 0.968. The highest BCUT2D eigenvalue weighted by molar-refractivity contribution is 7.99. The van der Waals surface area contributed by atoms with Gasteiger partial charge in [0.05, 0.1) is 11.3 Å². The third-order valence-corrected chi connectivity index (χ3v) is 5.44. The quantitative estimate of drug-likeness (QED) is 0.330. The van der Waals surface area contributed by atoms with Crippen LogP contribution in [0.3, 0.4) is 0 Å². The van der Waals surface area contributed by atoms with Crippen LogP contribution in [0.25, 0.3) is 5.65 Å². The number of pyridine rings is 1. The fraction of sp³-hybridized carbons (Fsp3) is 0.0455. The fourth-order valence-corrected chi connectivity index (χ4v) is 3.77. The maximum absolute atomic E-state index is 13.2. The van der Waals surface area contributed by atoms with E-state index < -0.39 is 0 Å². The van der Waals surface area contributed by atoms with Crippen molar-refractivity contribution in [2.45, 2.75) is 16.8 Å². The van der Waals surface area contributed by atoms with Crippen LogP contribution in [0.1, 0.15) is 11.1 Å². The molecule has 0 saturated heterocycles. The lowest BCUT2D eigenvalue weighted by Gasteiger charge is -2.09. The highest BCUT2D eigenvalue weighted by atomic mass is 35.5. The number of hydrogen-bond donors (Lipinski definition) is 0. The molecule has 2 heterocycles. The third kappa shape index (κ3) is 3.86. The van der Waals surface area contributed by atoms with E-state index in [2.05, 4.69) is 4.99 Å². The predicted molar refractivity (Wildman–Crippen MR) is 115 cm³/mol. The Kier molecular flexibility index (Phi) is 5.28. The van der Waals surface area contributed by atoms with Crippen molar-refractivity contribution in [2.24, 2.45) is 4.99 Å². The molecule has 0 aliphatic rings. The van der Waals surface area contributed by atoms with E-state index >= 15 is 0 Å². The molecule has 0 saturated carbocycles. The molecule has 28 heavy (non-hydrogen) atoms. The molecule has 0 spiro atoms. The van der Waals surface area contributed by atoms with E-state index in [0.29, 0.717) is 26.9 Å². The third-order valence-electron chi connectivity index (χ3n) is 4.18. The summed E-state index contributed by atoms with van der Waals surface area (Å²) >= 11 is 7.38. The minimum atomic E-state index is -0.148. The topological polar surface area (TPSA) is 46.7 Å². The van der Waals surface area contributed by atoms with Crippen LogP contribution in [0.4, 0.5) is 5.69 Å². The van der Waals surface area contributed by atoms with Gasteiger partial charge in [-0.3, -0.25) is 14.2 Å². The van der Waals surface area contributed by atoms with Crippen molar-refractivity contribution in [3.63, 3.8) is 0 Å². The molecule has 0 amide bonds. The fourth-order valence-electron chi connectivity index (χ4n) is 2.75. The molecule has 0 unspecified atom stereocenters. The minimum absolute atomic E-state index is 0.148. The number of hydrogen-bond acceptors (Lipinski definition) is 4. The lowest BCUT2D eigenvalue weighted by atomic mass is 10.2. The molecule has 4 rings (SSSR count). The Labute approximate surface area is 171 Å². The van der Waals surface area contributed by atoms with Crippen LogP contribution in [0.2, 0.25) is 5.02 Å². The Morgan fingerprint density at radius 3 is 2.54 bits per heavy atom. The van der Waals surface area contributed by atoms with Gasteiger partial charge in [-0.05, 0) is 55.0 Å². The Morgan fingerprint density at radius 1 is 1.04 bits per heavy atom. The zero-order valence-corrected chi connectivity index (χ0v) is 16.6. The number of fused-ring (bicyclic) bond motifs is 1. The highest BCUT2D eigenvalue weighted by Gasteiger charge is 2.14. The van der Waals surface area contributed by atoms with E-state index in [9.17, 15) is 4.79 Å². The molecular formula is C22H16ClN3OS. The van der Waals surface area contributed by atoms with E-state index in [1.54, 1.807) is 41.1 Å². The van der Waals surface area contributed by atoms with Crippen LogP contribution >= 0.6 is 23.4 Å². The summed E-state index contributed by atoms with van der Waals surface area (Å²) in [5, 5.41) is 1.27. The van der Waals surface area contributed by atoms with Gasteiger partial charge in [0.25, 0.3) is 5.56 Å². The van der Waals surface area contributed by atoms with Crippen LogP contribution in [-0.4, -0.2) is 15.6 Å². The second-order valence-electron chi connectivity index (χ2n) is 6.17. The molecule has 138 valence electrons. The zero-order valence-electron chi connectivity index (χ0n) is 15.0. The Bertz CT molecular complexity index is 1220. The molecule has 0 radical (unpaired) electrons. The monoisotopic (exact) mass is 405 g/mol. The number of benzene rings is 2. The molecule has 2 aromatic heterocycles. The van der Waals surface area contributed by atoms with E-state index in [-0.39, 0.29) is 5.56 Å². The van der Waals surface area contributed by atoms with Gasteiger partial charge < -0.3 is 0 Å². The number of nitrogens with zero attached hydrogens (tertiary/aromatic N) is 3. The van der Waals surface area contributed by atoms with Gasteiger partial charge in [-0.15, -0.1) is 0 Å². The Morgan fingerprint density at radius 2 is 1.79 bits per heavy atom. The van der Waals surface area contributed by atoms with E-state index in [1.165, 1.54) is 11.8 Å². The van der Waals surface area contributed by atoms with Crippen LogP contribution in [0, 0.1) is 6.92 Å². The molecule has 4 nitrogen and oxygen atoms in total. The smallest absolute Gasteiger partial charge is 0.267 e. The Balaban J connectivity index is 1.86. The summed E-state index contributed by atoms with van der Waals surface area (Å²) in [5.74, 6) is 0. The summed E-state index contributed by atoms with van der Waals surface area (Å²) in [7, 11) is 0. The van der Waals surface area contributed by atoms with Crippen molar-refractivity contribution < 1.29 is 0 Å². The standard InChI is InChI=1S/C22H16ClN3OS/c1-15-6-5-13-26-20(15)25-21(28-18-7-3-2-4-8-18)19(22(26)27)14-24-17-11-9-16(23)10-12-17/h2-14H,1H3. The normalized spacial score (nSPS) is 11.4. The molecule has 2 aromatic carbocycles. The first kappa shape index (κ1) is 18.5. The number of halogens is 1. The molecule has 0 aliphatic heterocycles. The zero-order chi connectivity index (χ0) is 19.5. The average molecular weight is 406 g/mol. The van der Waals surface area contributed by atoms with Gasteiger partial charge in [0.1, 0.15) is 10.7 Å². The van der Waals surface area contributed by atoms with Crippen molar-refractivity contribution >= 4 is 40.9 Å². The van der Waals surface area contributed by atoms with Gasteiger partial charge in [-0.1, -0.05) is 47.6 Å². The van der Waals surface area contributed by atoms with Crippen molar-refractivity contribution in [3.05, 3.63) is 99.4 Å². The number of aliphatic imine (C=N–C) groups is 1. The predicted octanol–water partition coefficient (Wildman–Crippen LogP) is 5.56. The molecule has 0 N–H and O–H groups in total. The second-order valence-corrected chi connectivity index (χ2v) is 7.67. The first-order valence-corrected chi connectivity index (χ1v) is 9.86. The Hall–Kier alpha value is -2.89. The summed E-state index contributed by atoms with van der Waals surface area (Å²) in [6.07, 6.45) is 3.31. The van der Waals surface area contributed by atoms with Gasteiger partial charge in [0.2, 0.25) is 0 Å². The van der Waals surface area contributed by atoms with Gasteiger partial charge in [0, 0.05) is 22.3 Å². The second kappa shape index (κ2) is 8.00. The number of aromatic nitrogens is 2. The van der Waals surface area contributed by atoms with Crippen LogP contribution in [0.5, 0.6) is 0 Å². The molecular weight excluding hydrogens is 390 g/mol. The number of rotatable bonds is 4. The minimum Gasteiger partial charge on any atom is -0.268 e. The molecule has 0 atom stereocenters. The summed E-state index contributed by atoms with van der Waals surface area (Å²) in [6, 6.07) is 20.8. The number of aryl methyl sites for hydroxylation is 1. The van der Waals surface area contributed by atoms with E-state index in [1.807, 2.05) is 49.4 Å². The first-order valence-electron chi connectivity index (χ1n) is 8.66. The molecule has 0 bridgehead atoms. The molecule has 4 aromatic rings. The van der Waals surface area contributed by atoms with Gasteiger partial charge >= 0.3 is 0 Å². The largest absolute Gasteiger partial charge is 0.268 e. The average Bonchev–Trinajstić information content (AvgIpc) is 2.71. The van der Waals surface area contributed by atoms with Crippen molar-refractivity contribution in [2.75, 3.05) is 0 Å². The van der Waals surface area contributed by atoms with Crippen LogP contribution < -0.4 is 5.56 Å². The van der Waals surface area contributed by atoms with Gasteiger partial charge in [0.15, 0.2) is 0 Å². The SMILES string of the molecule is Cc1cccn2c(=O)c(C=Nc3ccc(Cl)cc3)c(Sc3ccccc3)nc12. The van der Waals surface area contributed by atoms with Crippen molar-refractivity contribution in [1.29, 1.82) is 0 Å². The maximum Gasteiger partial charge on any atom is 0.267 e. The van der Waals surface area contributed by atoms with Crippen molar-refractivity contribution in [3.8, 4) is 0 Å². The molecule has 0 fully saturated rings. The lowest BCUT2D eigenvalue weighted by Crippen LogP contribution is -2.21. The highest BCUT2D eigenvalue weighted by Crippen LogP contribution is 2.28. The van der Waals surface area contributed by atoms with E-state index in [0.717, 1.165) is 10.5 Å². The van der Waals surface area contributed by atoms with Gasteiger partial charge in [-0.2, -0.15) is 0 Å². The molecule has 6 heteroatoms. The van der Waals surface area contributed by atoms with Crippen LogP contribution in [-0.2, 0) is 0 Å². The summed E-state index contributed by atoms with van der Waals surface area (Å²) in [4.78, 5) is 23.4. The van der Waals surface area contributed by atoms with Crippen molar-refractivity contribution in [1.82, 2.24) is 9.38 Å². The van der Waals surface area contributed by atoms with E-state index in [4.69, 9.17) is 16.6 Å². The maximum atomic E-state index is 13.2.